The van der Waals surface area contributed by atoms with Crippen molar-refractivity contribution in [3.05, 3.63) is 0 Å². The van der Waals surface area contributed by atoms with Crippen LogP contribution in [0.5, 0.6) is 0 Å². The van der Waals surface area contributed by atoms with Gasteiger partial charge in [0, 0.05) is 6.04 Å². The molecule has 7 heteroatoms. The van der Waals surface area contributed by atoms with Gasteiger partial charge in [0.2, 0.25) is 5.91 Å². The molecule has 0 aromatic rings. The van der Waals surface area contributed by atoms with Gasteiger partial charge in [0.1, 0.15) is 0 Å². The van der Waals surface area contributed by atoms with E-state index in [9.17, 15) is 18.0 Å². The molecule has 4 unspecified atom stereocenters. The van der Waals surface area contributed by atoms with Crippen LogP contribution < -0.4 is 10.6 Å². The third-order valence-electron chi connectivity index (χ3n) is 4.03. The maximum absolute atomic E-state index is 12.1. The van der Waals surface area contributed by atoms with Crippen LogP contribution in [0.15, 0.2) is 0 Å². The molecular weight excluding hydrogens is 261 g/mol. The van der Waals surface area contributed by atoms with Crippen LogP contribution in [0.4, 0.5) is 13.2 Å². The van der Waals surface area contributed by atoms with E-state index in [1.807, 2.05) is 0 Å². The van der Waals surface area contributed by atoms with Crippen LogP contribution in [0.3, 0.4) is 0 Å². The van der Waals surface area contributed by atoms with Crippen molar-refractivity contribution in [2.75, 3.05) is 6.54 Å². The van der Waals surface area contributed by atoms with Crippen LogP contribution in [0.1, 0.15) is 32.1 Å². The standard InChI is InChI=1S/C12H19F3N2O2/c13-12(14,15)10(18)6-16-11(19)9-5-7-3-1-2-4-8(7)17-9/h7-10,17-18H,1-6H2,(H,16,19). The monoisotopic (exact) mass is 280 g/mol. The summed E-state index contributed by atoms with van der Waals surface area (Å²) >= 11 is 0. The van der Waals surface area contributed by atoms with E-state index < -0.39 is 30.8 Å². The van der Waals surface area contributed by atoms with Crippen molar-refractivity contribution in [2.24, 2.45) is 5.92 Å². The zero-order valence-electron chi connectivity index (χ0n) is 10.5. The van der Waals surface area contributed by atoms with Gasteiger partial charge in [-0.15, -0.1) is 0 Å². The lowest BCUT2D eigenvalue weighted by Crippen LogP contribution is -2.47. The van der Waals surface area contributed by atoms with Crippen molar-refractivity contribution >= 4 is 5.91 Å². The first-order chi connectivity index (χ1) is 8.88. The summed E-state index contributed by atoms with van der Waals surface area (Å²) in [5.74, 6) is 0.00902. The van der Waals surface area contributed by atoms with Gasteiger partial charge in [-0.3, -0.25) is 4.79 Å². The van der Waals surface area contributed by atoms with Crippen molar-refractivity contribution < 1.29 is 23.1 Å². The van der Waals surface area contributed by atoms with Gasteiger partial charge in [0.15, 0.2) is 6.10 Å². The number of alkyl halides is 3. The molecule has 2 fully saturated rings. The minimum absolute atomic E-state index is 0.317. The fourth-order valence-corrected chi connectivity index (χ4v) is 2.96. The minimum Gasteiger partial charge on any atom is -0.382 e. The minimum atomic E-state index is -4.69. The Morgan fingerprint density at radius 1 is 1.37 bits per heavy atom. The molecule has 0 aromatic carbocycles. The lowest BCUT2D eigenvalue weighted by Gasteiger charge is -2.24. The molecule has 1 aliphatic carbocycles. The Hall–Kier alpha value is -0.820. The first-order valence-corrected chi connectivity index (χ1v) is 6.66. The normalized spacial score (nSPS) is 32.7. The van der Waals surface area contributed by atoms with E-state index in [4.69, 9.17) is 5.11 Å². The third kappa shape index (κ3) is 3.60. The number of carbonyl (C=O) groups excluding carboxylic acids is 1. The lowest BCUT2D eigenvalue weighted by atomic mass is 9.85. The summed E-state index contributed by atoms with van der Waals surface area (Å²) in [7, 11) is 0. The molecule has 110 valence electrons. The number of rotatable bonds is 3. The zero-order chi connectivity index (χ0) is 14.0. The summed E-state index contributed by atoms with van der Waals surface area (Å²) in [6, 6.07) is -0.106. The summed E-state index contributed by atoms with van der Waals surface area (Å²) in [5, 5.41) is 14.2. The highest BCUT2D eigenvalue weighted by molar-refractivity contribution is 5.82. The predicted octanol–water partition coefficient (Wildman–Crippen LogP) is 0.946. The quantitative estimate of drug-likeness (QED) is 0.721. The second-order valence-corrected chi connectivity index (χ2v) is 5.41. The van der Waals surface area contributed by atoms with Crippen molar-refractivity contribution in [1.29, 1.82) is 0 Å². The number of aliphatic hydroxyl groups is 1. The Balaban J connectivity index is 1.78. The second kappa shape index (κ2) is 5.66. The average Bonchev–Trinajstić information content (AvgIpc) is 2.78. The van der Waals surface area contributed by atoms with E-state index in [1.165, 1.54) is 0 Å². The second-order valence-electron chi connectivity index (χ2n) is 5.41. The van der Waals surface area contributed by atoms with Crippen LogP contribution in [0, 0.1) is 5.92 Å². The SMILES string of the molecule is O=C(NCC(O)C(F)(F)F)C1CC2CCCCC2N1. The maximum atomic E-state index is 12.1. The lowest BCUT2D eigenvalue weighted by molar-refractivity contribution is -0.201. The fourth-order valence-electron chi connectivity index (χ4n) is 2.96. The van der Waals surface area contributed by atoms with E-state index in [-0.39, 0.29) is 0 Å². The molecule has 4 atom stereocenters. The van der Waals surface area contributed by atoms with Crippen LogP contribution >= 0.6 is 0 Å². The van der Waals surface area contributed by atoms with Gasteiger partial charge in [0.25, 0.3) is 0 Å². The molecule has 19 heavy (non-hydrogen) atoms. The highest BCUT2D eigenvalue weighted by Crippen LogP contribution is 2.33. The van der Waals surface area contributed by atoms with Gasteiger partial charge in [-0.2, -0.15) is 13.2 Å². The third-order valence-corrected chi connectivity index (χ3v) is 4.03. The fraction of sp³-hybridized carbons (Fsp3) is 0.917. The first kappa shape index (κ1) is 14.6. The molecular formula is C12H19F3N2O2. The molecule has 0 aromatic heterocycles. The molecule has 1 saturated carbocycles. The number of hydrogen-bond donors (Lipinski definition) is 3. The van der Waals surface area contributed by atoms with Crippen molar-refractivity contribution in [3.8, 4) is 0 Å². The van der Waals surface area contributed by atoms with Crippen molar-refractivity contribution in [2.45, 2.75) is 56.5 Å². The molecule has 2 rings (SSSR count). The number of hydrogen-bond acceptors (Lipinski definition) is 3. The highest BCUT2D eigenvalue weighted by Gasteiger charge is 2.40. The van der Waals surface area contributed by atoms with Gasteiger partial charge < -0.3 is 15.7 Å². The molecule has 0 bridgehead atoms. The van der Waals surface area contributed by atoms with Gasteiger partial charge in [-0.1, -0.05) is 12.8 Å². The van der Waals surface area contributed by atoms with Crippen molar-refractivity contribution in [3.63, 3.8) is 0 Å². The number of carbonyl (C=O) groups is 1. The van der Waals surface area contributed by atoms with E-state index in [0.717, 1.165) is 25.7 Å². The Labute approximate surface area is 109 Å². The van der Waals surface area contributed by atoms with Gasteiger partial charge >= 0.3 is 6.18 Å². The summed E-state index contributed by atoms with van der Waals surface area (Å²) in [6.07, 6.45) is -2.12. The number of amides is 1. The maximum Gasteiger partial charge on any atom is 0.416 e. The zero-order valence-corrected chi connectivity index (χ0v) is 10.5. The van der Waals surface area contributed by atoms with Crippen molar-refractivity contribution in [1.82, 2.24) is 10.6 Å². The summed E-state index contributed by atoms with van der Waals surface area (Å²) in [6.45, 7) is -0.782. The van der Waals surface area contributed by atoms with Gasteiger partial charge in [0.05, 0.1) is 12.6 Å². The van der Waals surface area contributed by atoms with Crippen LogP contribution in [-0.2, 0) is 4.79 Å². The Bertz CT molecular complexity index is 321. The average molecular weight is 280 g/mol. The first-order valence-electron chi connectivity index (χ1n) is 6.66. The van der Waals surface area contributed by atoms with E-state index in [2.05, 4.69) is 10.6 Å². The summed E-state index contributed by atoms with van der Waals surface area (Å²) < 4.78 is 36.3. The Kier molecular flexibility index (Phi) is 4.35. The Morgan fingerprint density at radius 2 is 2.05 bits per heavy atom. The molecule has 0 radical (unpaired) electrons. The molecule has 3 N–H and O–H groups in total. The number of halogens is 3. The smallest absolute Gasteiger partial charge is 0.382 e. The summed E-state index contributed by atoms with van der Waals surface area (Å²) in [4.78, 5) is 11.8. The van der Waals surface area contributed by atoms with Crippen LogP contribution in [0.2, 0.25) is 0 Å². The number of aliphatic hydroxyl groups excluding tert-OH is 1. The number of nitrogens with one attached hydrogen (secondary N) is 2. The van der Waals surface area contributed by atoms with Gasteiger partial charge in [-0.25, -0.2) is 0 Å². The van der Waals surface area contributed by atoms with Crippen LogP contribution in [0.25, 0.3) is 0 Å². The van der Waals surface area contributed by atoms with E-state index in [0.29, 0.717) is 18.4 Å². The molecule has 2 aliphatic rings. The molecule has 1 aliphatic heterocycles. The van der Waals surface area contributed by atoms with E-state index in [1.54, 1.807) is 0 Å². The summed E-state index contributed by atoms with van der Waals surface area (Å²) in [5.41, 5.74) is 0. The topological polar surface area (TPSA) is 61.4 Å². The highest BCUT2D eigenvalue weighted by atomic mass is 19.4. The molecule has 1 saturated heterocycles. The number of fused-ring (bicyclic) bond motifs is 1. The molecule has 1 heterocycles. The molecule has 0 spiro atoms. The predicted molar refractivity (Wildman–Crippen MR) is 62.4 cm³/mol. The van der Waals surface area contributed by atoms with E-state index >= 15 is 0 Å². The molecule has 4 nitrogen and oxygen atoms in total. The largest absolute Gasteiger partial charge is 0.416 e. The van der Waals surface area contributed by atoms with Gasteiger partial charge in [-0.05, 0) is 25.2 Å². The van der Waals surface area contributed by atoms with Crippen LogP contribution in [-0.4, -0.2) is 41.9 Å². The molecule has 1 amide bonds. The Morgan fingerprint density at radius 3 is 2.68 bits per heavy atom.